The Bertz CT molecular complexity index is 1060. The first-order valence-electron chi connectivity index (χ1n) is 7.74. The highest BCUT2D eigenvalue weighted by Crippen LogP contribution is 2.33. The molecule has 7 heteroatoms. The van der Waals surface area contributed by atoms with Gasteiger partial charge in [-0.25, -0.2) is 9.97 Å². The third kappa shape index (κ3) is 3.33. The fraction of sp³-hybridized carbons (Fsp3) is 0.167. The summed E-state index contributed by atoms with van der Waals surface area (Å²) in [4.78, 5) is 21.3. The van der Waals surface area contributed by atoms with E-state index >= 15 is 0 Å². The van der Waals surface area contributed by atoms with E-state index in [4.69, 9.17) is 9.40 Å². The molecule has 0 aliphatic heterocycles. The molecule has 0 atom stereocenters. The van der Waals surface area contributed by atoms with Gasteiger partial charge in [0.1, 0.15) is 5.58 Å². The Kier molecular flexibility index (Phi) is 4.10. The molecule has 1 aromatic carbocycles. The van der Waals surface area contributed by atoms with Gasteiger partial charge < -0.3 is 9.73 Å². The van der Waals surface area contributed by atoms with Crippen molar-refractivity contribution in [1.29, 1.82) is 0 Å². The molecule has 1 amide bonds. The average molecular weight is 369 g/mol. The molecule has 4 aromatic rings. The lowest BCUT2D eigenvalue weighted by Crippen LogP contribution is -2.04. The van der Waals surface area contributed by atoms with Gasteiger partial charge in [-0.3, -0.25) is 4.79 Å². The molecule has 0 radical (unpaired) electrons. The van der Waals surface area contributed by atoms with Gasteiger partial charge in [0.25, 0.3) is 0 Å². The molecule has 0 saturated heterocycles. The topological polar surface area (TPSA) is 68.0 Å². The highest BCUT2D eigenvalue weighted by molar-refractivity contribution is 7.19. The van der Waals surface area contributed by atoms with Crippen molar-refractivity contribution in [3.63, 3.8) is 0 Å². The van der Waals surface area contributed by atoms with E-state index in [1.54, 1.807) is 17.6 Å². The van der Waals surface area contributed by atoms with Crippen molar-refractivity contribution < 1.29 is 9.21 Å². The summed E-state index contributed by atoms with van der Waals surface area (Å²) in [5.74, 6) is -0.117. The fourth-order valence-corrected chi connectivity index (χ4v) is 4.50. The number of hydrogen-bond acceptors (Lipinski definition) is 6. The predicted octanol–water partition coefficient (Wildman–Crippen LogP) is 4.87. The second-order valence-corrected chi connectivity index (χ2v) is 7.65. The number of hydrogen-bond donors (Lipinski definition) is 1. The molecule has 0 unspecified atom stereocenters. The number of fused-ring (bicyclic) bond motifs is 1. The maximum Gasteiger partial charge on any atom is 0.223 e. The fourth-order valence-electron chi connectivity index (χ4n) is 2.64. The standard InChI is InChI=1S/C18H15N3O2S2/c1-10-17(25-18(19-10)20-11(2)22)14-9-24-16(21-14)8-12-3-4-15-13(7-12)5-6-23-15/h3-7,9H,8H2,1-2H3,(H,19,20,22). The van der Waals surface area contributed by atoms with E-state index in [9.17, 15) is 4.79 Å². The number of nitrogens with zero attached hydrogens (tertiary/aromatic N) is 2. The average Bonchev–Trinajstić information content (AvgIpc) is 3.26. The summed E-state index contributed by atoms with van der Waals surface area (Å²) in [6.07, 6.45) is 2.48. The Morgan fingerprint density at radius 2 is 2.16 bits per heavy atom. The zero-order chi connectivity index (χ0) is 17.4. The van der Waals surface area contributed by atoms with Gasteiger partial charge in [-0.05, 0) is 30.7 Å². The molecule has 3 aromatic heterocycles. The number of aryl methyl sites for hydroxylation is 1. The molecule has 5 nitrogen and oxygen atoms in total. The smallest absolute Gasteiger partial charge is 0.223 e. The van der Waals surface area contributed by atoms with Crippen molar-refractivity contribution in [2.75, 3.05) is 5.32 Å². The van der Waals surface area contributed by atoms with E-state index in [-0.39, 0.29) is 5.91 Å². The van der Waals surface area contributed by atoms with Crippen LogP contribution >= 0.6 is 22.7 Å². The number of carbonyl (C=O) groups excluding carboxylic acids is 1. The summed E-state index contributed by atoms with van der Waals surface area (Å²) in [6.45, 7) is 3.41. The Morgan fingerprint density at radius 1 is 1.28 bits per heavy atom. The minimum absolute atomic E-state index is 0.117. The summed E-state index contributed by atoms with van der Waals surface area (Å²) in [7, 11) is 0. The second-order valence-electron chi connectivity index (χ2n) is 5.71. The minimum Gasteiger partial charge on any atom is -0.464 e. The van der Waals surface area contributed by atoms with Crippen LogP contribution in [0.1, 0.15) is 23.2 Å². The molecule has 0 aliphatic carbocycles. The zero-order valence-corrected chi connectivity index (χ0v) is 15.3. The number of anilines is 1. The first-order chi connectivity index (χ1) is 12.1. The van der Waals surface area contributed by atoms with Crippen LogP contribution in [-0.2, 0) is 11.2 Å². The van der Waals surface area contributed by atoms with Crippen LogP contribution in [0.2, 0.25) is 0 Å². The van der Waals surface area contributed by atoms with Crippen LogP contribution in [0.25, 0.3) is 21.5 Å². The zero-order valence-electron chi connectivity index (χ0n) is 13.7. The van der Waals surface area contributed by atoms with Crippen LogP contribution in [0.3, 0.4) is 0 Å². The lowest BCUT2D eigenvalue weighted by molar-refractivity contribution is -0.114. The van der Waals surface area contributed by atoms with Gasteiger partial charge in [-0.1, -0.05) is 17.4 Å². The van der Waals surface area contributed by atoms with Crippen LogP contribution in [-0.4, -0.2) is 15.9 Å². The molecular weight excluding hydrogens is 354 g/mol. The van der Waals surface area contributed by atoms with E-state index in [0.717, 1.165) is 38.7 Å². The maximum atomic E-state index is 11.2. The summed E-state index contributed by atoms with van der Waals surface area (Å²) < 4.78 is 5.38. The van der Waals surface area contributed by atoms with Crippen LogP contribution < -0.4 is 5.32 Å². The van der Waals surface area contributed by atoms with Gasteiger partial charge >= 0.3 is 0 Å². The van der Waals surface area contributed by atoms with E-state index in [1.165, 1.54) is 23.8 Å². The lowest BCUT2D eigenvalue weighted by Gasteiger charge is -1.98. The SMILES string of the molecule is CC(=O)Nc1nc(C)c(-c2csc(Cc3ccc4occc4c3)n2)s1. The van der Waals surface area contributed by atoms with Gasteiger partial charge in [-0.15, -0.1) is 11.3 Å². The number of thiazole rings is 2. The molecule has 0 saturated carbocycles. The number of rotatable bonds is 4. The van der Waals surface area contributed by atoms with E-state index in [2.05, 4.69) is 22.4 Å². The number of furan rings is 1. The van der Waals surface area contributed by atoms with Crippen LogP contribution in [0.5, 0.6) is 0 Å². The second kappa shape index (κ2) is 6.42. The van der Waals surface area contributed by atoms with E-state index in [1.807, 2.05) is 24.4 Å². The molecule has 0 fully saturated rings. The highest BCUT2D eigenvalue weighted by atomic mass is 32.1. The van der Waals surface area contributed by atoms with Crippen LogP contribution in [0, 0.1) is 6.92 Å². The number of amides is 1. The first kappa shape index (κ1) is 16.0. The monoisotopic (exact) mass is 369 g/mol. The molecule has 1 N–H and O–H groups in total. The van der Waals surface area contributed by atoms with Crippen molar-refractivity contribution in [3.05, 3.63) is 52.2 Å². The Balaban J connectivity index is 1.57. The number of benzene rings is 1. The van der Waals surface area contributed by atoms with Crippen LogP contribution in [0.4, 0.5) is 5.13 Å². The lowest BCUT2D eigenvalue weighted by atomic mass is 10.1. The Morgan fingerprint density at radius 3 is 3.00 bits per heavy atom. The van der Waals surface area contributed by atoms with Crippen molar-refractivity contribution >= 4 is 44.7 Å². The molecule has 4 rings (SSSR count). The van der Waals surface area contributed by atoms with Gasteiger partial charge in [-0.2, -0.15) is 0 Å². The first-order valence-corrected chi connectivity index (χ1v) is 9.44. The van der Waals surface area contributed by atoms with Crippen LogP contribution in [0.15, 0.2) is 40.3 Å². The molecule has 0 spiro atoms. The van der Waals surface area contributed by atoms with Gasteiger partial charge in [0.05, 0.1) is 27.5 Å². The third-order valence-corrected chi connectivity index (χ3v) is 5.68. The van der Waals surface area contributed by atoms with Crippen molar-refractivity contribution in [2.45, 2.75) is 20.3 Å². The molecule has 0 aliphatic rings. The molecule has 126 valence electrons. The third-order valence-electron chi connectivity index (χ3n) is 3.74. The molecular formula is C18H15N3O2S2. The number of nitrogens with one attached hydrogen (secondary N) is 1. The van der Waals surface area contributed by atoms with Crippen molar-refractivity contribution in [3.8, 4) is 10.6 Å². The normalized spacial score (nSPS) is 11.1. The van der Waals surface area contributed by atoms with Crippen molar-refractivity contribution in [1.82, 2.24) is 9.97 Å². The Hall–Kier alpha value is -2.51. The predicted molar refractivity (Wildman–Crippen MR) is 101 cm³/mol. The van der Waals surface area contributed by atoms with E-state index in [0.29, 0.717) is 5.13 Å². The minimum atomic E-state index is -0.117. The molecule has 0 bridgehead atoms. The summed E-state index contributed by atoms with van der Waals surface area (Å²) in [5, 5.41) is 7.54. The van der Waals surface area contributed by atoms with Gasteiger partial charge in [0.2, 0.25) is 5.91 Å². The molecule has 25 heavy (non-hydrogen) atoms. The summed E-state index contributed by atoms with van der Waals surface area (Å²) >= 11 is 3.09. The molecule has 3 heterocycles. The Labute approximate surface area is 152 Å². The highest BCUT2D eigenvalue weighted by Gasteiger charge is 2.14. The number of carbonyl (C=O) groups is 1. The summed E-state index contributed by atoms with van der Waals surface area (Å²) in [6, 6.07) is 8.16. The summed E-state index contributed by atoms with van der Waals surface area (Å²) in [5.41, 5.74) is 3.89. The van der Waals surface area contributed by atoms with E-state index < -0.39 is 0 Å². The maximum absolute atomic E-state index is 11.2. The van der Waals surface area contributed by atoms with Crippen molar-refractivity contribution in [2.24, 2.45) is 0 Å². The number of aromatic nitrogens is 2. The van der Waals surface area contributed by atoms with Gasteiger partial charge in [0, 0.05) is 24.1 Å². The largest absolute Gasteiger partial charge is 0.464 e. The quantitative estimate of drug-likeness (QED) is 0.557. The van der Waals surface area contributed by atoms with Gasteiger partial charge in [0.15, 0.2) is 5.13 Å².